The van der Waals surface area contributed by atoms with Crippen molar-refractivity contribution < 1.29 is 4.74 Å². The van der Waals surface area contributed by atoms with E-state index in [4.69, 9.17) is 16.2 Å². The van der Waals surface area contributed by atoms with Crippen molar-refractivity contribution in [1.82, 2.24) is 10.2 Å². The van der Waals surface area contributed by atoms with Crippen molar-refractivity contribution in [2.45, 2.75) is 90.1 Å². The molecule has 5 heteroatoms. The van der Waals surface area contributed by atoms with Crippen LogP contribution in [0.4, 0.5) is 0 Å². The first kappa shape index (κ1) is 26.4. The lowest BCUT2D eigenvalue weighted by molar-refractivity contribution is 0.0284. The first-order valence-electron chi connectivity index (χ1n) is 12.4. The molecule has 0 aliphatic carbocycles. The van der Waals surface area contributed by atoms with Crippen LogP contribution in [0.25, 0.3) is 0 Å². The molecule has 2 atom stereocenters. The quantitative estimate of drug-likeness (QED) is 0.316. The summed E-state index contributed by atoms with van der Waals surface area (Å²) in [7, 11) is 0. The molecule has 1 heterocycles. The van der Waals surface area contributed by atoms with E-state index < -0.39 is 0 Å². The number of hydrogen-bond donors (Lipinski definition) is 3. The van der Waals surface area contributed by atoms with Gasteiger partial charge in [-0.05, 0) is 70.6 Å². The maximum absolute atomic E-state index is 6.32. The van der Waals surface area contributed by atoms with Gasteiger partial charge in [-0.25, -0.2) is 0 Å². The van der Waals surface area contributed by atoms with Crippen LogP contribution in [-0.4, -0.2) is 56.9 Å². The van der Waals surface area contributed by atoms with Crippen molar-refractivity contribution in [3.05, 3.63) is 12.3 Å². The van der Waals surface area contributed by atoms with Crippen LogP contribution in [0.2, 0.25) is 0 Å². The van der Waals surface area contributed by atoms with E-state index in [2.05, 4.69) is 23.7 Å². The van der Waals surface area contributed by atoms with Crippen LogP contribution in [0.5, 0.6) is 0 Å². The Morgan fingerprint density at radius 1 is 0.966 bits per heavy atom. The standard InChI is InChI=1S/C24H50N4O/c1-3-4-5-11-23-12-8-13-24(29-21-14-23)22(2)28(20-10-16-26)19-7-6-17-27-18-9-15-25/h23-24,27H,2-21,25-26H2,1H3. The third-order valence-corrected chi connectivity index (χ3v) is 6.14. The van der Waals surface area contributed by atoms with Crippen molar-refractivity contribution >= 4 is 0 Å². The molecule has 0 aromatic heterocycles. The molecule has 1 saturated heterocycles. The van der Waals surface area contributed by atoms with Gasteiger partial charge in [0.2, 0.25) is 0 Å². The molecule has 0 radical (unpaired) electrons. The van der Waals surface area contributed by atoms with E-state index in [1.165, 1.54) is 63.5 Å². The smallest absolute Gasteiger partial charge is 0.0965 e. The predicted molar refractivity (Wildman–Crippen MR) is 126 cm³/mol. The van der Waals surface area contributed by atoms with Gasteiger partial charge in [0.15, 0.2) is 0 Å². The fourth-order valence-electron chi connectivity index (χ4n) is 4.22. The van der Waals surface area contributed by atoms with E-state index in [1.54, 1.807) is 0 Å². The summed E-state index contributed by atoms with van der Waals surface area (Å²) < 4.78 is 6.32. The minimum Gasteiger partial charge on any atom is -0.373 e. The van der Waals surface area contributed by atoms with Crippen molar-refractivity contribution in [1.29, 1.82) is 0 Å². The SMILES string of the molecule is C=C(C1CCCC(CCCCC)CCO1)N(CCCN)CCCCNCCCN. The largest absolute Gasteiger partial charge is 0.373 e. The van der Waals surface area contributed by atoms with E-state index in [0.29, 0.717) is 0 Å². The molecule has 0 amide bonds. The number of hydrogen-bond acceptors (Lipinski definition) is 5. The number of nitrogens with one attached hydrogen (secondary N) is 1. The van der Waals surface area contributed by atoms with Crippen molar-refractivity contribution in [2.24, 2.45) is 17.4 Å². The summed E-state index contributed by atoms with van der Waals surface area (Å²) in [5, 5.41) is 3.47. The second-order valence-corrected chi connectivity index (χ2v) is 8.66. The molecule has 1 aliphatic heterocycles. The molecule has 1 fully saturated rings. The van der Waals surface area contributed by atoms with Gasteiger partial charge in [-0.2, -0.15) is 0 Å². The Morgan fingerprint density at radius 3 is 2.48 bits per heavy atom. The molecule has 5 nitrogen and oxygen atoms in total. The number of nitrogens with two attached hydrogens (primary N) is 2. The fraction of sp³-hybridized carbons (Fsp3) is 0.917. The summed E-state index contributed by atoms with van der Waals surface area (Å²) in [6.45, 7) is 13.3. The van der Waals surface area contributed by atoms with Gasteiger partial charge in [-0.15, -0.1) is 0 Å². The van der Waals surface area contributed by atoms with E-state index in [-0.39, 0.29) is 6.10 Å². The first-order chi connectivity index (χ1) is 14.2. The van der Waals surface area contributed by atoms with E-state index >= 15 is 0 Å². The Balaban J connectivity index is 2.37. The molecule has 0 spiro atoms. The topological polar surface area (TPSA) is 76.5 Å². The first-order valence-corrected chi connectivity index (χ1v) is 12.4. The van der Waals surface area contributed by atoms with Gasteiger partial charge in [0.1, 0.15) is 0 Å². The second kappa shape index (κ2) is 18.2. The maximum atomic E-state index is 6.32. The monoisotopic (exact) mass is 410 g/mol. The van der Waals surface area contributed by atoms with Gasteiger partial charge < -0.3 is 26.4 Å². The lowest BCUT2D eigenvalue weighted by Gasteiger charge is -2.34. The molecule has 29 heavy (non-hydrogen) atoms. The summed E-state index contributed by atoms with van der Waals surface area (Å²) in [6.07, 6.45) is 15.0. The van der Waals surface area contributed by atoms with Gasteiger partial charge in [0.05, 0.1) is 6.10 Å². The second-order valence-electron chi connectivity index (χ2n) is 8.66. The number of ether oxygens (including phenoxy) is 1. The van der Waals surface area contributed by atoms with Crippen molar-refractivity contribution in [3.8, 4) is 0 Å². The Hall–Kier alpha value is -0.620. The number of rotatable bonds is 17. The van der Waals surface area contributed by atoms with Gasteiger partial charge in [-0.3, -0.25) is 0 Å². The predicted octanol–water partition coefficient (Wildman–Crippen LogP) is 4.03. The summed E-state index contributed by atoms with van der Waals surface area (Å²) in [5.74, 6) is 0.857. The molecule has 1 rings (SSSR count). The molecular weight excluding hydrogens is 360 g/mol. The van der Waals surface area contributed by atoms with Crippen LogP contribution in [0.1, 0.15) is 84.0 Å². The number of nitrogens with zero attached hydrogens (tertiary/aromatic N) is 1. The Morgan fingerprint density at radius 2 is 1.72 bits per heavy atom. The van der Waals surface area contributed by atoms with Crippen LogP contribution in [0, 0.1) is 5.92 Å². The Kier molecular flexibility index (Phi) is 16.6. The van der Waals surface area contributed by atoms with Crippen LogP contribution < -0.4 is 16.8 Å². The molecule has 172 valence electrons. The highest BCUT2D eigenvalue weighted by molar-refractivity contribution is 5.02. The number of unbranched alkanes of at least 4 members (excludes halogenated alkanes) is 3. The molecule has 1 aliphatic rings. The zero-order chi connectivity index (χ0) is 21.2. The molecule has 2 unspecified atom stereocenters. The van der Waals surface area contributed by atoms with Gasteiger partial charge in [0, 0.05) is 25.4 Å². The van der Waals surface area contributed by atoms with E-state index in [9.17, 15) is 0 Å². The molecule has 0 aromatic carbocycles. The Labute approximate surface area is 181 Å². The highest BCUT2D eigenvalue weighted by atomic mass is 16.5. The Bertz CT molecular complexity index is 381. The van der Waals surface area contributed by atoms with Crippen LogP contribution in [-0.2, 0) is 4.74 Å². The van der Waals surface area contributed by atoms with Crippen molar-refractivity contribution in [2.75, 3.05) is 45.9 Å². The zero-order valence-corrected chi connectivity index (χ0v) is 19.3. The van der Waals surface area contributed by atoms with Gasteiger partial charge >= 0.3 is 0 Å². The molecule has 5 N–H and O–H groups in total. The third-order valence-electron chi connectivity index (χ3n) is 6.14. The maximum Gasteiger partial charge on any atom is 0.0965 e. The third kappa shape index (κ3) is 12.6. The van der Waals surface area contributed by atoms with E-state index in [1.807, 2.05) is 0 Å². The molecular formula is C24H50N4O. The highest BCUT2D eigenvalue weighted by Gasteiger charge is 2.22. The molecule has 0 saturated carbocycles. The van der Waals surface area contributed by atoms with Crippen LogP contribution >= 0.6 is 0 Å². The lowest BCUT2D eigenvalue weighted by Crippen LogP contribution is -2.35. The average molecular weight is 411 g/mol. The van der Waals surface area contributed by atoms with Gasteiger partial charge in [0.25, 0.3) is 0 Å². The molecule has 0 bridgehead atoms. The normalized spacial score (nSPS) is 20.2. The minimum absolute atomic E-state index is 0.187. The summed E-state index contributed by atoms with van der Waals surface area (Å²) in [6, 6.07) is 0. The highest BCUT2D eigenvalue weighted by Crippen LogP contribution is 2.27. The lowest BCUT2D eigenvalue weighted by atomic mass is 9.90. The van der Waals surface area contributed by atoms with Crippen LogP contribution in [0.3, 0.4) is 0 Å². The van der Waals surface area contributed by atoms with Crippen molar-refractivity contribution in [3.63, 3.8) is 0 Å². The van der Waals surface area contributed by atoms with E-state index in [0.717, 1.165) is 71.1 Å². The zero-order valence-electron chi connectivity index (χ0n) is 19.3. The average Bonchev–Trinajstić information content (AvgIpc) is 2.70. The summed E-state index contributed by atoms with van der Waals surface area (Å²) >= 11 is 0. The molecule has 0 aromatic rings. The summed E-state index contributed by atoms with van der Waals surface area (Å²) in [4.78, 5) is 2.44. The minimum atomic E-state index is 0.187. The van der Waals surface area contributed by atoms with Crippen LogP contribution in [0.15, 0.2) is 12.3 Å². The fourth-order valence-corrected chi connectivity index (χ4v) is 4.22. The van der Waals surface area contributed by atoms with Gasteiger partial charge in [-0.1, -0.05) is 52.0 Å². The summed E-state index contributed by atoms with van der Waals surface area (Å²) in [5.41, 5.74) is 12.5.